The number of hydrogen-bond donors (Lipinski definition) is 0. The fraction of sp³-hybridized carbons (Fsp3) is 0.733. The second-order valence-electron chi connectivity index (χ2n) is 5.03. The maximum atomic E-state index is 13.6. The molecule has 0 aromatic heterocycles. The molecule has 0 aromatic rings. The Morgan fingerprint density at radius 2 is 2.16 bits per heavy atom. The van der Waals surface area contributed by atoms with Crippen molar-refractivity contribution in [1.82, 2.24) is 0 Å². The first-order valence-corrected chi connectivity index (χ1v) is 6.87. The Morgan fingerprint density at radius 1 is 1.37 bits per heavy atom. The molecule has 0 bridgehead atoms. The highest BCUT2D eigenvalue weighted by Gasteiger charge is 2.24. The van der Waals surface area contributed by atoms with Crippen molar-refractivity contribution in [3.8, 4) is 0 Å². The molecule has 0 aromatic carbocycles. The predicted octanol–water partition coefficient (Wildman–Crippen LogP) is 4.12. The van der Waals surface area contributed by atoms with Gasteiger partial charge in [0.1, 0.15) is 0 Å². The van der Waals surface area contributed by atoms with Gasteiger partial charge in [-0.3, -0.25) is 0 Å². The van der Waals surface area contributed by atoms with Gasteiger partial charge in [0.05, 0.1) is 12.7 Å². The van der Waals surface area contributed by atoms with Crippen LogP contribution in [-0.2, 0) is 9.47 Å². The van der Waals surface area contributed by atoms with Gasteiger partial charge in [-0.05, 0) is 38.7 Å². The average Bonchev–Trinajstić information content (AvgIpc) is 2.37. The summed E-state index contributed by atoms with van der Waals surface area (Å²) in [6.07, 6.45) is 6.85. The third-order valence-electron chi connectivity index (χ3n) is 3.18. The van der Waals surface area contributed by atoms with Crippen LogP contribution in [-0.4, -0.2) is 32.4 Å². The molecular formula is C15H24F2O2. The summed E-state index contributed by atoms with van der Waals surface area (Å²) in [7, 11) is 1.55. The molecule has 0 saturated carbocycles. The molecule has 1 unspecified atom stereocenters. The molecule has 4 heteroatoms. The summed E-state index contributed by atoms with van der Waals surface area (Å²) < 4.78 is 37.8. The number of allylic oxidation sites excluding steroid dienone is 2. The van der Waals surface area contributed by atoms with Crippen molar-refractivity contribution in [1.29, 1.82) is 0 Å². The van der Waals surface area contributed by atoms with Crippen LogP contribution in [0, 0.1) is 0 Å². The molecule has 0 amide bonds. The van der Waals surface area contributed by atoms with Gasteiger partial charge in [-0.1, -0.05) is 17.7 Å². The van der Waals surface area contributed by atoms with Gasteiger partial charge in [-0.2, -0.15) is 0 Å². The Labute approximate surface area is 114 Å². The van der Waals surface area contributed by atoms with Gasteiger partial charge >= 0.3 is 0 Å². The van der Waals surface area contributed by atoms with E-state index in [2.05, 4.69) is 6.08 Å². The molecule has 1 rings (SSSR count). The standard InChI is InChI=1S/C15H24F2O2/c1-13-6-5-7-14(18-2)8-10-15(16,17)9-3-4-11-19-12-13/h6,8,10,14H,3-5,7,9,11-12H2,1-2H3/b10-8+,13-6-. The molecular weight excluding hydrogens is 250 g/mol. The Bertz CT molecular complexity index is 311. The van der Waals surface area contributed by atoms with Crippen molar-refractivity contribution in [2.24, 2.45) is 0 Å². The number of hydrogen-bond acceptors (Lipinski definition) is 2. The fourth-order valence-corrected chi connectivity index (χ4v) is 1.97. The molecule has 0 aliphatic carbocycles. The minimum Gasteiger partial charge on any atom is -0.377 e. The Morgan fingerprint density at radius 3 is 2.89 bits per heavy atom. The van der Waals surface area contributed by atoms with Gasteiger partial charge in [-0.25, -0.2) is 8.78 Å². The monoisotopic (exact) mass is 274 g/mol. The van der Waals surface area contributed by atoms with Gasteiger partial charge in [0.25, 0.3) is 5.92 Å². The second-order valence-corrected chi connectivity index (χ2v) is 5.03. The molecule has 1 aliphatic heterocycles. The lowest BCUT2D eigenvalue weighted by molar-refractivity contribution is 0.0373. The molecule has 0 fully saturated rings. The Balaban J connectivity index is 2.64. The topological polar surface area (TPSA) is 18.5 Å². The maximum absolute atomic E-state index is 13.6. The first kappa shape index (κ1) is 16.3. The summed E-state index contributed by atoms with van der Waals surface area (Å²) >= 11 is 0. The summed E-state index contributed by atoms with van der Waals surface area (Å²) in [6, 6.07) is 0. The van der Waals surface area contributed by atoms with Crippen LogP contribution in [0.15, 0.2) is 23.8 Å². The SMILES string of the molecule is COC1/C=C/C(F)(F)CCCCOC/C(C)=C\CC1. The largest absolute Gasteiger partial charge is 0.377 e. The van der Waals surface area contributed by atoms with Crippen molar-refractivity contribution < 1.29 is 18.3 Å². The zero-order chi connectivity index (χ0) is 14.1. The van der Waals surface area contributed by atoms with Crippen molar-refractivity contribution in [3.05, 3.63) is 23.8 Å². The fourth-order valence-electron chi connectivity index (χ4n) is 1.97. The number of halogens is 2. The van der Waals surface area contributed by atoms with E-state index in [4.69, 9.17) is 9.47 Å². The third kappa shape index (κ3) is 7.43. The molecule has 1 aliphatic rings. The summed E-state index contributed by atoms with van der Waals surface area (Å²) in [5.41, 5.74) is 1.18. The van der Waals surface area contributed by atoms with E-state index in [1.165, 1.54) is 11.6 Å². The van der Waals surface area contributed by atoms with E-state index in [0.717, 1.165) is 12.5 Å². The number of rotatable bonds is 1. The number of alkyl halides is 2. The van der Waals surface area contributed by atoms with Crippen LogP contribution in [0.4, 0.5) is 8.78 Å². The van der Waals surface area contributed by atoms with Gasteiger partial charge < -0.3 is 9.47 Å². The van der Waals surface area contributed by atoms with Crippen molar-refractivity contribution >= 4 is 0 Å². The molecule has 110 valence electrons. The average molecular weight is 274 g/mol. The van der Waals surface area contributed by atoms with E-state index in [-0.39, 0.29) is 12.5 Å². The van der Waals surface area contributed by atoms with Crippen LogP contribution < -0.4 is 0 Å². The lowest BCUT2D eigenvalue weighted by Gasteiger charge is -2.15. The molecule has 19 heavy (non-hydrogen) atoms. The van der Waals surface area contributed by atoms with E-state index in [1.54, 1.807) is 7.11 Å². The number of ether oxygens (including phenoxy) is 2. The third-order valence-corrected chi connectivity index (χ3v) is 3.18. The minimum atomic E-state index is -2.74. The lowest BCUT2D eigenvalue weighted by Crippen LogP contribution is -2.15. The first-order valence-electron chi connectivity index (χ1n) is 6.87. The van der Waals surface area contributed by atoms with Gasteiger partial charge in [0.2, 0.25) is 0 Å². The molecule has 0 spiro atoms. The zero-order valence-electron chi connectivity index (χ0n) is 11.8. The van der Waals surface area contributed by atoms with Gasteiger partial charge in [0.15, 0.2) is 0 Å². The summed E-state index contributed by atoms with van der Waals surface area (Å²) in [4.78, 5) is 0. The first-order chi connectivity index (χ1) is 9.03. The van der Waals surface area contributed by atoms with Crippen molar-refractivity contribution in [2.75, 3.05) is 20.3 Å². The van der Waals surface area contributed by atoms with E-state index >= 15 is 0 Å². The van der Waals surface area contributed by atoms with E-state index in [0.29, 0.717) is 32.5 Å². The smallest absolute Gasteiger partial charge is 0.266 e. The molecule has 2 nitrogen and oxygen atoms in total. The van der Waals surface area contributed by atoms with E-state index in [1.807, 2.05) is 6.92 Å². The Hall–Kier alpha value is -0.740. The highest BCUT2D eigenvalue weighted by Crippen LogP contribution is 2.24. The molecule has 0 radical (unpaired) electrons. The van der Waals surface area contributed by atoms with Crippen LogP contribution in [0.25, 0.3) is 0 Å². The van der Waals surface area contributed by atoms with Gasteiger partial charge in [0, 0.05) is 20.1 Å². The maximum Gasteiger partial charge on any atom is 0.266 e. The lowest BCUT2D eigenvalue weighted by atomic mass is 10.1. The van der Waals surface area contributed by atoms with E-state index < -0.39 is 5.92 Å². The van der Waals surface area contributed by atoms with Crippen molar-refractivity contribution in [2.45, 2.75) is 51.1 Å². The summed E-state index contributed by atoms with van der Waals surface area (Å²) in [6.45, 7) is 3.16. The number of methoxy groups -OCH3 is 1. The molecule has 0 saturated heterocycles. The van der Waals surface area contributed by atoms with Gasteiger partial charge in [-0.15, -0.1) is 0 Å². The highest BCUT2D eigenvalue weighted by atomic mass is 19.3. The predicted molar refractivity (Wildman–Crippen MR) is 72.5 cm³/mol. The molecule has 1 atom stereocenters. The zero-order valence-corrected chi connectivity index (χ0v) is 11.8. The summed E-state index contributed by atoms with van der Waals surface area (Å²) in [5, 5.41) is 0. The normalized spacial score (nSPS) is 30.9. The van der Waals surface area contributed by atoms with Crippen LogP contribution in [0.3, 0.4) is 0 Å². The van der Waals surface area contributed by atoms with Crippen LogP contribution >= 0.6 is 0 Å². The van der Waals surface area contributed by atoms with E-state index in [9.17, 15) is 8.78 Å². The quantitative estimate of drug-likeness (QED) is 0.670. The summed E-state index contributed by atoms with van der Waals surface area (Å²) in [5.74, 6) is -2.74. The second kappa shape index (κ2) is 8.43. The van der Waals surface area contributed by atoms with Crippen molar-refractivity contribution in [3.63, 3.8) is 0 Å². The van der Waals surface area contributed by atoms with Crippen LogP contribution in [0.2, 0.25) is 0 Å². The molecule has 0 N–H and O–H groups in total. The Kier molecular flexibility index (Phi) is 7.24. The van der Waals surface area contributed by atoms with Crippen LogP contribution in [0.1, 0.15) is 39.0 Å². The minimum absolute atomic E-state index is 0.127. The highest BCUT2D eigenvalue weighted by molar-refractivity contribution is 5.02. The molecule has 1 heterocycles. The van der Waals surface area contributed by atoms with Crippen LogP contribution in [0.5, 0.6) is 0 Å².